The highest BCUT2D eigenvalue weighted by Crippen LogP contribution is 2.25. The van der Waals surface area contributed by atoms with Crippen molar-refractivity contribution in [3.05, 3.63) is 42.2 Å². The van der Waals surface area contributed by atoms with Crippen LogP contribution in [0.4, 0.5) is 0 Å². The number of ether oxygens (including phenoxy) is 2. The maximum absolute atomic E-state index is 10.8. The van der Waals surface area contributed by atoms with E-state index in [1.807, 2.05) is 0 Å². The van der Waals surface area contributed by atoms with Crippen molar-refractivity contribution >= 4 is 13.7 Å². The largest absolute Gasteiger partial charge is 0.481 e. The molecular weight excluding hydrogens is 350 g/mol. The number of hydrogen-bond donors (Lipinski definition) is 1. The molecule has 140 valence electrons. The molecule has 0 bridgehead atoms. The third-order valence-corrected chi connectivity index (χ3v) is 5.80. The summed E-state index contributed by atoms with van der Waals surface area (Å²) in [5, 5.41) is 15.1. The molecule has 0 radical (unpaired) electrons. The molecule has 26 heavy (non-hydrogen) atoms. The van der Waals surface area contributed by atoms with Crippen LogP contribution in [0.5, 0.6) is 5.88 Å². The second-order valence-corrected chi connectivity index (χ2v) is 13.0. The van der Waals surface area contributed by atoms with E-state index in [4.69, 9.17) is 9.47 Å². The summed E-state index contributed by atoms with van der Waals surface area (Å²) in [4.78, 5) is 8.67. The summed E-state index contributed by atoms with van der Waals surface area (Å²) in [6.07, 6.45) is 5.83. The van der Waals surface area contributed by atoms with Crippen LogP contribution in [0, 0.1) is 0 Å². The standard InChI is InChI=1S/C17H25N5O3Si/c1-24-14-5-7-22-16(20-14)13(11-19-22)15(23)17-18-6-8-21(17)12-25-9-10-26(2,3)4/h5-8,11,15,23H,9-10,12H2,1-4H3. The Morgan fingerprint density at radius 3 is 2.81 bits per heavy atom. The van der Waals surface area contributed by atoms with Crippen molar-refractivity contribution in [1.82, 2.24) is 24.1 Å². The lowest BCUT2D eigenvalue weighted by Crippen LogP contribution is -2.22. The number of methoxy groups -OCH3 is 1. The lowest BCUT2D eigenvalue weighted by Gasteiger charge is -2.17. The second kappa shape index (κ2) is 7.56. The molecule has 0 aliphatic carbocycles. The van der Waals surface area contributed by atoms with Gasteiger partial charge in [0, 0.05) is 39.3 Å². The van der Waals surface area contributed by atoms with E-state index in [1.165, 1.54) is 0 Å². The van der Waals surface area contributed by atoms with Crippen molar-refractivity contribution < 1.29 is 14.6 Å². The van der Waals surface area contributed by atoms with Crippen LogP contribution in [0.1, 0.15) is 17.5 Å². The molecule has 0 aliphatic rings. The van der Waals surface area contributed by atoms with Gasteiger partial charge in [0.05, 0.1) is 18.9 Å². The topological polar surface area (TPSA) is 86.7 Å². The minimum atomic E-state index is -1.13. The van der Waals surface area contributed by atoms with Crippen molar-refractivity contribution in [3.63, 3.8) is 0 Å². The minimum absolute atomic E-state index is 0.354. The van der Waals surface area contributed by atoms with Crippen LogP contribution in [0.3, 0.4) is 0 Å². The first kappa shape index (κ1) is 18.6. The molecule has 3 aromatic heterocycles. The van der Waals surface area contributed by atoms with E-state index in [0.717, 1.165) is 6.04 Å². The fourth-order valence-electron chi connectivity index (χ4n) is 2.53. The average Bonchev–Trinajstić information content (AvgIpc) is 3.23. The summed E-state index contributed by atoms with van der Waals surface area (Å²) in [5.41, 5.74) is 1.10. The summed E-state index contributed by atoms with van der Waals surface area (Å²) in [6, 6.07) is 2.81. The van der Waals surface area contributed by atoms with Gasteiger partial charge >= 0.3 is 0 Å². The van der Waals surface area contributed by atoms with E-state index < -0.39 is 14.2 Å². The second-order valence-electron chi connectivity index (χ2n) is 7.34. The monoisotopic (exact) mass is 375 g/mol. The first-order chi connectivity index (χ1) is 12.4. The fraction of sp³-hybridized carbons (Fsp3) is 0.471. The SMILES string of the molecule is COc1ccn2ncc(C(O)c3nccn3COCC[Si](C)(C)C)c2n1. The number of aromatic nitrogens is 5. The molecular formula is C17H25N5O3Si. The predicted molar refractivity (Wildman–Crippen MR) is 99.9 cm³/mol. The fourth-order valence-corrected chi connectivity index (χ4v) is 3.29. The van der Waals surface area contributed by atoms with Crippen molar-refractivity contribution in [2.75, 3.05) is 13.7 Å². The Hall–Kier alpha value is -2.23. The molecule has 1 atom stereocenters. The van der Waals surface area contributed by atoms with E-state index in [9.17, 15) is 5.11 Å². The maximum Gasteiger partial charge on any atom is 0.216 e. The van der Waals surface area contributed by atoms with Gasteiger partial charge in [-0.3, -0.25) is 0 Å². The highest BCUT2D eigenvalue weighted by Gasteiger charge is 2.22. The number of imidazole rings is 1. The zero-order valence-corrected chi connectivity index (χ0v) is 16.6. The molecule has 3 aromatic rings. The Balaban J connectivity index is 1.77. The van der Waals surface area contributed by atoms with Crippen molar-refractivity contribution in [3.8, 4) is 5.88 Å². The molecule has 3 rings (SSSR count). The molecule has 0 aliphatic heterocycles. The molecule has 1 unspecified atom stereocenters. The highest BCUT2D eigenvalue weighted by atomic mass is 28.3. The smallest absolute Gasteiger partial charge is 0.216 e. The van der Waals surface area contributed by atoms with Gasteiger partial charge in [0.2, 0.25) is 5.88 Å². The molecule has 0 aromatic carbocycles. The third-order valence-electron chi connectivity index (χ3n) is 4.09. The van der Waals surface area contributed by atoms with Crippen LogP contribution in [0.2, 0.25) is 25.7 Å². The van der Waals surface area contributed by atoms with Crippen LogP contribution in [-0.4, -0.2) is 51.0 Å². The van der Waals surface area contributed by atoms with E-state index in [2.05, 4.69) is 34.7 Å². The highest BCUT2D eigenvalue weighted by molar-refractivity contribution is 6.76. The summed E-state index contributed by atoms with van der Waals surface area (Å²) in [6.45, 7) is 8.01. The van der Waals surface area contributed by atoms with Gasteiger partial charge in [0.1, 0.15) is 18.7 Å². The number of rotatable bonds is 8. The third kappa shape index (κ3) is 4.11. The summed E-state index contributed by atoms with van der Waals surface area (Å²) < 4.78 is 14.3. The summed E-state index contributed by atoms with van der Waals surface area (Å²) in [7, 11) is 0.423. The van der Waals surface area contributed by atoms with Crippen molar-refractivity contribution in [1.29, 1.82) is 0 Å². The maximum atomic E-state index is 10.8. The quantitative estimate of drug-likeness (QED) is 0.480. The number of nitrogens with zero attached hydrogens (tertiary/aromatic N) is 5. The van der Waals surface area contributed by atoms with Crippen LogP contribution in [-0.2, 0) is 11.5 Å². The molecule has 0 amide bonds. The van der Waals surface area contributed by atoms with E-state index >= 15 is 0 Å². The van der Waals surface area contributed by atoms with Gasteiger partial charge < -0.3 is 19.1 Å². The van der Waals surface area contributed by atoms with Crippen LogP contribution >= 0.6 is 0 Å². The molecule has 1 N–H and O–H groups in total. The lowest BCUT2D eigenvalue weighted by molar-refractivity contribution is 0.0787. The minimum Gasteiger partial charge on any atom is -0.481 e. The van der Waals surface area contributed by atoms with E-state index in [0.29, 0.717) is 36.3 Å². The first-order valence-electron chi connectivity index (χ1n) is 8.54. The molecule has 0 saturated heterocycles. The van der Waals surface area contributed by atoms with Crippen LogP contribution in [0.25, 0.3) is 5.65 Å². The summed E-state index contributed by atoms with van der Waals surface area (Å²) in [5.74, 6) is 0.960. The van der Waals surface area contributed by atoms with E-state index in [-0.39, 0.29) is 0 Å². The van der Waals surface area contributed by atoms with Gasteiger partial charge in [-0.2, -0.15) is 10.1 Å². The van der Waals surface area contributed by atoms with Crippen LogP contribution in [0.15, 0.2) is 30.9 Å². The number of aliphatic hydroxyl groups excluding tert-OH is 1. The lowest BCUT2D eigenvalue weighted by atomic mass is 10.2. The molecule has 9 heteroatoms. The van der Waals surface area contributed by atoms with Gasteiger partial charge in [0.25, 0.3) is 0 Å². The Bertz CT molecular complexity index is 871. The van der Waals surface area contributed by atoms with E-state index in [1.54, 1.807) is 47.0 Å². The molecule has 0 spiro atoms. The zero-order valence-electron chi connectivity index (χ0n) is 15.6. The Kier molecular flexibility index (Phi) is 5.40. The number of hydrogen-bond acceptors (Lipinski definition) is 6. The Morgan fingerprint density at radius 2 is 2.08 bits per heavy atom. The van der Waals surface area contributed by atoms with Crippen LogP contribution < -0.4 is 4.74 Å². The summed E-state index contributed by atoms with van der Waals surface area (Å²) >= 11 is 0. The zero-order chi connectivity index (χ0) is 18.7. The number of fused-ring (bicyclic) bond motifs is 1. The van der Waals surface area contributed by atoms with Crippen molar-refractivity contribution in [2.24, 2.45) is 0 Å². The molecule has 3 heterocycles. The number of aliphatic hydroxyl groups is 1. The Morgan fingerprint density at radius 1 is 1.27 bits per heavy atom. The molecule has 8 nitrogen and oxygen atoms in total. The van der Waals surface area contributed by atoms with Gasteiger partial charge in [-0.15, -0.1) is 0 Å². The van der Waals surface area contributed by atoms with Gasteiger partial charge in [-0.25, -0.2) is 9.50 Å². The Labute approximate surface area is 153 Å². The molecule has 0 saturated carbocycles. The normalized spacial score (nSPS) is 13.3. The van der Waals surface area contributed by atoms with Gasteiger partial charge in [-0.1, -0.05) is 19.6 Å². The van der Waals surface area contributed by atoms with Gasteiger partial charge in [-0.05, 0) is 6.04 Å². The first-order valence-corrected chi connectivity index (χ1v) is 12.2. The average molecular weight is 376 g/mol. The van der Waals surface area contributed by atoms with Crippen molar-refractivity contribution in [2.45, 2.75) is 38.5 Å². The molecule has 0 fully saturated rings. The predicted octanol–water partition coefficient (Wildman–Crippen LogP) is 2.33. The van der Waals surface area contributed by atoms with Gasteiger partial charge in [0.15, 0.2) is 5.65 Å².